The van der Waals surface area contributed by atoms with Gasteiger partial charge >= 0.3 is 0 Å². The Morgan fingerprint density at radius 2 is 1.90 bits per heavy atom. The zero-order chi connectivity index (χ0) is 33.5. The van der Waals surface area contributed by atoms with Crippen LogP contribution in [0.2, 0.25) is 0 Å². The third-order valence-corrected chi connectivity index (χ3v) is 12.4. The number of piperidine rings is 1. The summed E-state index contributed by atoms with van der Waals surface area (Å²) in [6.45, 7) is 3.87. The van der Waals surface area contributed by atoms with Gasteiger partial charge in [-0.1, -0.05) is 6.42 Å². The highest BCUT2D eigenvalue weighted by atomic mass is 35.5. The van der Waals surface area contributed by atoms with Gasteiger partial charge in [0, 0.05) is 62.3 Å². The van der Waals surface area contributed by atoms with Crippen molar-refractivity contribution < 1.29 is 9.13 Å². The average molecular weight is 695 g/mol. The van der Waals surface area contributed by atoms with Crippen LogP contribution < -0.4 is 25.7 Å². The molecule has 5 fully saturated rings. The summed E-state index contributed by atoms with van der Waals surface area (Å²) in [5.74, 6) is 3.03. The van der Waals surface area contributed by atoms with Crippen molar-refractivity contribution in [2.75, 3.05) is 51.1 Å². The van der Waals surface area contributed by atoms with Crippen molar-refractivity contribution in [2.24, 2.45) is 11.8 Å². The van der Waals surface area contributed by atoms with E-state index < -0.39 is 0 Å². The molecule has 1 saturated carbocycles. The number of anilines is 1. The predicted molar refractivity (Wildman–Crippen MR) is 191 cm³/mol. The number of ether oxygens (including phenoxy) is 1. The summed E-state index contributed by atoms with van der Waals surface area (Å²) in [6, 6.07) is 6.82. The molecule has 3 aromatic rings. The van der Waals surface area contributed by atoms with E-state index in [9.17, 15) is 4.39 Å². The van der Waals surface area contributed by atoms with Crippen molar-refractivity contribution in [1.82, 2.24) is 45.7 Å². The lowest BCUT2D eigenvalue weighted by Crippen LogP contribution is -2.58. The van der Waals surface area contributed by atoms with Crippen molar-refractivity contribution in [2.45, 2.75) is 101 Å². The van der Waals surface area contributed by atoms with E-state index in [4.69, 9.17) is 26.4 Å². The number of hydrogen-bond acceptors (Lipinski definition) is 10. The Kier molecular flexibility index (Phi) is 9.96. The third-order valence-electron chi connectivity index (χ3n) is 12.2. The smallest absolute Gasteiger partial charge is 0.168 e. The maximum atomic E-state index is 14.1. The highest BCUT2D eigenvalue weighted by Gasteiger charge is 2.49. The fourth-order valence-corrected chi connectivity index (χ4v) is 10.2. The molecule has 4 bridgehead atoms. The first-order valence-corrected chi connectivity index (χ1v) is 19.1. The number of aromatic nitrogens is 4. The van der Waals surface area contributed by atoms with E-state index in [2.05, 4.69) is 42.9 Å². The lowest BCUT2D eigenvalue weighted by molar-refractivity contribution is 0.104. The van der Waals surface area contributed by atoms with E-state index in [1.54, 1.807) is 24.2 Å². The number of fused-ring (bicyclic) bond motifs is 6. The van der Waals surface area contributed by atoms with Crippen LogP contribution in [0.25, 0.3) is 16.7 Å². The molecule has 4 saturated heterocycles. The predicted octanol–water partition coefficient (Wildman–Crippen LogP) is 4.30. The molecule has 8 atom stereocenters. The summed E-state index contributed by atoms with van der Waals surface area (Å²) in [5.41, 5.74) is 5.22. The molecule has 0 radical (unpaired) electrons. The summed E-state index contributed by atoms with van der Waals surface area (Å²) in [5, 5.41) is 16.4. The Labute approximate surface area is 294 Å². The topological polar surface area (TPSA) is 98.6 Å². The Bertz CT molecular complexity index is 1590. The molecular formula is C36H52ClFN10O. The van der Waals surface area contributed by atoms with Gasteiger partial charge in [0.15, 0.2) is 5.65 Å². The van der Waals surface area contributed by atoms with E-state index in [-0.39, 0.29) is 11.9 Å². The number of methoxy groups -OCH3 is 1. The number of nitrogens with zero attached hydrogens (tertiary/aromatic N) is 7. The fourth-order valence-electron chi connectivity index (χ4n) is 10.1. The molecule has 6 unspecified atom stereocenters. The summed E-state index contributed by atoms with van der Waals surface area (Å²) in [4.78, 5) is 14.7. The molecule has 0 amide bonds. The van der Waals surface area contributed by atoms with Gasteiger partial charge in [0.05, 0.1) is 24.9 Å². The standard InChI is InChI=1S/C36H52ClFN10O/c1-45-31-10-5-15-46(16-6-14-37)21-25-18-24(42-33-11-4-8-28(43-33)26-7-3-9-29(44-45)34(26)31)20-47(25)35-27-19-41-48(36(27)40-22-39-35)30-13-12-23(38)17-32(30)49-2/h12-13,17,19,22,24-26,28-29,31,33-34,42-44H,3-11,14-16,18,20-21H2,1-2H3/t24-,25-,26?,28?,29?,31?,33?,34?/m0/s1. The molecule has 1 aliphatic carbocycles. The molecule has 5 aliphatic rings. The molecule has 3 N–H and O–H groups in total. The van der Waals surface area contributed by atoms with E-state index >= 15 is 0 Å². The lowest BCUT2D eigenvalue weighted by atomic mass is 9.68. The van der Waals surface area contributed by atoms with E-state index in [0.717, 1.165) is 56.6 Å². The number of halogens is 2. The van der Waals surface area contributed by atoms with Crippen molar-refractivity contribution in [3.63, 3.8) is 0 Å². The quantitative estimate of drug-likeness (QED) is 0.324. The molecular weight excluding hydrogens is 643 g/mol. The molecule has 1 aromatic carbocycles. The molecule has 266 valence electrons. The SMILES string of the molecule is COc1cc(F)ccc1-n1ncc2c(N3C[C@@H]4C[C@H]3CN(CCCCl)CCCC3C5C(CCCC5C5CCCC(N5)N4)NN3C)ncnc21. The van der Waals surface area contributed by atoms with Crippen molar-refractivity contribution in [3.05, 3.63) is 36.5 Å². The molecule has 0 spiro atoms. The molecule has 2 aromatic heterocycles. The van der Waals surface area contributed by atoms with Gasteiger partial charge in [0.1, 0.15) is 29.4 Å². The number of benzene rings is 1. The van der Waals surface area contributed by atoms with Gasteiger partial charge in [-0.2, -0.15) is 5.10 Å². The van der Waals surface area contributed by atoms with Gasteiger partial charge < -0.3 is 14.5 Å². The lowest BCUT2D eigenvalue weighted by Gasteiger charge is -2.44. The van der Waals surface area contributed by atoms with E-state index in [1.165, 1.54) is 57.1 Å². The minimum Gasteiger partial charge on any atom is -0.494 e. The van der Waals surface area contributed by atoms with Crippen molar-refractivity contribution >= 4 is 28.5 Å². The number of alkyl halides is 1. The summed E-state index contributed by atoms with van der Waals surface area (Å²) in [6.07, 6.45) is 15.8. The minimum atomic E-state index is -0.357. The maximum Gasteiger partial charge on any atom is 0.168 e. The second kappa shape index (κ2) is 14.6. The number of hydrazine groups is 1. The Balaban J connectivity index is 1.11. The van der Waals surface area contributed by atoms with Crippen molar-refractivity contribution in [3.8, 4) is 11.4 Å². The van der Waals surface area contributed by atoms with Gasteiger partial charge in [0.2, 0.25) is 0 Å². The highest BCUT2D eigenvalue weighted by molar-refractivity contribution is 6.17. The normalized spacial score (nSPS) is 32.9. The minimum absolute atomic E-state index is 0.266. The molecule has 6 heterocycles. The van der Waals surface area contributed by atoms with Crippen LogP contribution in [-0.4, -0.2) is 112 Å². The van der Waals surface area contributed by atoms with Crippen LogP contribution in [0.4, 0.5) is 10.2 Å². The fraction of sp³-hybridized carbons (Fsp3) is 0.694. The molecule has 49 heavy (non-hydrogen) atoms. The van der Waals surface area contributed by atoms with Crippen molar-refractivity contribution in [1.29, 1.82) is 0 Å². The molecule has 4 aliphatic heterocycles. The van der Waals surface area contributed by atoms with Crippen LogP contribution in [0.1, 0.15) is 64.2 Å². The summed E-state index contributed by atoms with van der Waals surface area (Å²) in [7, 11) is 3.83. The zero-order valence-electron chi connectivity index (χ0n) is 28.9. The maximum absolute atomic E-state index is 14.1. The number of hydrogen-bond donors (Lipinski definition) is 3. The van der Waals surface area contributed by atoms with Gasteiger partial charge in [-0.3, -0.25) is 16.1 Å². The highest BCUT2D eigenvalue weighted by Crippen LogP contribution is 2.43. The monoisotopic (exact) mass is 694 g/mol. The second-order valence-corrected chi connectivity index (χ2v) is 15.4. The number of nitrogens with one attached hydrogen (secondary N) is 3. The van der Waals surface area contributed by atoms with Gasteiger partial charge in [-0.05, 0) is 94.8 Å². The van der Waals surface area contributed by atoms with E-state index in [1.807, 2.05) is 6.20 Å². The molecule has 8 rings (SSSR count). The van der Waals surface area contributed by atoms with Crippen LogP contribution >= 0.6 is 11.6 Å². The van der Waals surface area contributed by atoms with Crippen LogP contribution in [0, 0.1) is 17.7 Å². The Morgan fingerprint density at radius 3 is 2.78 bits per heavy atom. The van der Waals surface area contributed by atoms with Gasteiger partial charge in [-0.25, -0.2) is 24.0 Å². The largest absolute Gasteiger partial charge is 0.494 e. The first-order chi connectivity index (χ1) is 24.0. The Hall–Kier alpha value is -2.61. The number of rotatable bonds is 6. The van der Waals surface area contributed by atoms with E-state index in [0.29, 0.717) is 65.1 Å². The summed E-state index contributed by atoms with van der Waals surface area (Å²) < 4.78 is 21.3. The van der Waals surface area contributed by atoms with Gasteiger partial charge in [-0.15, -0.1) is 11.6 Å². The third kappa shape index (κ3) is 6.65. The van der Waals surface area contributed by atoms with Crippen LogP contribution in [0.3, 0.4) is 0 Å². The second-order valence-electron chi connectivity index (χ2n) is 15.0. The van der Waals surface area contributed by atoms with Gasteiger partial charge in [0.25, 0.3) is 0 Å². The van der Waals surface area contributed by atoms with Crippen LogP contribution in [0.5, 0.6) is 5.75 Å². The average Bonchev–Trinajstić information content (AvgIpc) is 3.81. The Morgan fingerprint density at radius 1 is 1.02 bits per heavy atom. The van der Waals surface area contributed by atoms with Crippen LogP contribution in [-0.2, 0) is 0 Å². The summed E-state index contributed by atoms with van der Waals surface area (Å²) >= 11 is 6.28. The zero-order valence-corrected chi connectivity index (χ0v) is 29.7. The van der Waals surface area contributed by atoms with Crippen LogP contribution in [0.15, 0.2) is 30.7 Å². The molecule has 11 nitrogen and oxygen atoms in total. The molecule has 13 heteroatoms. The first kappa shape index (κ1) is 33.5. The first-order valence-electron chi connectivity index (χ1n) is 18.6.